The molecule has 8 heteroatoms. The maximum Gasteiger partial charge on any atom is 0.410 e. The highest BCUT2D eigenvalue weighted by Crippen LogP contribution is 2.35. The summed E-state index contributed by atoms with van der Waals surface area (Å²) >= 11 is 0. The van der Waals surface area contributed by atoms with Crippen molar-refractivity contribution in [2.24, 2.45) is 13.0 Å². The van der Waals surface area contributed by atoms with Crippen LogP contribution < -0.4 is 4.74 Å². The van der Waals surface area contributed by atoms with Crippen molar-refractivity contribution in [3.05, 3.63) is 29.7 Å². The van der Waals surface area contributed by atoms with Crippen LogP contribution in [0.3, 0.4) is 0 Å². The number of halogens is 1. The Morgan fingerprint density at radius 1 is 1.26 bits per heavy atom. The second kappa shape index (κ2) is 9.24. The van der Waals surface area contributed by atoms with E-state index < -0.39 is 5.82 Å². The lowest BCUT2D eigenvalue weighted by atomic mass is 9.98. The normalized spacial score (nSPS) is 17.9. The summed E-state index contributed by atoms with van der Waals surface area (Å²) in [5.41, 5.74) is 1.69. The zero-order valence-electron chi connectivity index (χ0n) is 18.5. The van der Waals surface area contributed by atoms with E-state index >= 15 is 0 Å². The zero-order chi connectivity index (χ0) is 22.0. The minimum atomic E-state index is -0.422. The molecule has 7 nitrogen and oxygen atoms in total. The van der Waals surface area contributed by atoms with E-state index in [-0.39, 0.29) is 30.6 Å². The van der Waals surface area contributed by atoms with Crippen molar-refractivity contribution in [1.29, 1.82) is 0 Å². The molecule has 2 fully saturated rings. The average Bonchev–Trinajstić information content (AvgIpc) is 3.56. The lowest BCUT2D eigenvalue weighted by molar-refractivity contribution is 0.0883. The summed E-state index contributed by atoms with van der Waals surface area (Å²) in [6.07, 6.45) is 7.41. The maximum atomic E-state index is 14.7. The Hall–Kier alpha value is -2.64. The van der Waals surface area contributed by atoms with Gasteiger partial charge in [-0.1, -0.05) is 11.6 Å². The molecule has 1 atom stereocenters. The number of carbonyl (C=O) groups is 1. The molecule has 2 aromatic rings. The molecule has 1 amide bonds. The third-order valence-electron chi connectivity index (χ3n) is 6.53. The van der Waals surface area contributed by atoms with Crippen LogP contribution in [0.5, 0.6) is 5.75 Å². The molecule has 4 rings (SSSR count). The summed E-state index contributed by atoms with van der Waals surface area (Å²) in [6, 6.07) is 4.99. The van der Waals surface area contributed by atoms with Gasteiger partial charge in [0.15, 0.2) is 11.6 Å². The van der Waals surface area contributed by atoms with Crippen molar-refractivity contribution < 1.29 is 18.7 Å². The second-order valence-electron chi connectivity index (χ2n) is 8.77. The van der Waals surface area contributed by atoms with Gasteiger partial charge in [0.2, 0.25) is 0 Å². The lowest BCUT2D eigenvalue weighted by Crippen LogP contribution is -2.36. The van der Waals surface area contributed by atoms with E-state index in [4.69, 9.17) is 9.47 Å². The van der Waals surface area contributed by atoms with Crippen molar-refractivity contribution in [2.45, 2.75) is 70.6 Å². The molecule has 0 unspecified atom stereocenters. The van der Waals surface area contributed by atoms with Crippen LogP contribution >= 0.6 is 0 Å². The Morgan fingerprint density at radius 2 is 2.00 bits per heavy atom. The molecule has 0 bridgehead atoms. The third kappa shape index (κ3) is 4.99. The molecule has 2 aliphatic rings. The van der Waals surface area contributed by atoms with E-state index in [2.05, 4.69) is 10.3 Å². The first-order valence-corrected chi connectivity index (χ1v) is 11.2. The molecule has 0 radical (unpaired) electrons. The molecule has 1 aromatic heterocycles. The van der Waals surface area contributed by atoms with Crippen molar-refractivity contribution in [1.82, 2.24) is 19.9 Å². The zero-order valence-corrected chi connectivity index (χ0v) is 18.5. The largest absolute Gasteiger partial charge is 0.487 e. The van der Waals surface area contributed by atoms with Crippen LogP contribution in [0.2, 0.25) is 0 Å². The lowest BCUT2D eigenvalue weighted by Gasteiger charge is -2.24. The molecule has 1 heterocycles. The van der Waals surface area contributed by atoms with Crippen molar-refractivity contribution in [3.63, 3.8) is 0 Å². The van der Waals surface area contributed by atoms with Crippen molar-refractivity contribution >= 4 is 6.09 Å². The summed E-state index contributed by atoms with van der Waals surface area (Å²) in [5.74, 6) is 0.404. The smallest absolute Gasteiger partial charge is 0.410 e. The van der Waals surface area contributed by atoms with Gasteiger partial charge in [0.05, 0.1) is 6.10 Å². The number of aromatic nitrogens is 3. The van der Waals surface area contributed by atoms with E-state index in [9.17, 15) is 9.18 Å². The number of rotatable bonds is 7. The van der Waals surface area contributed by atoms with Crippen LogP contribution in [0.25, 0.3) is 11.3 Å². The Morgan fingerprint density at radius 3 is 2.68 bits per heavy atom. The molecule has 2 saturated carbocycles. The Bertz CT molecular complexity index is 922. The number of amides is 1. The standard InChI is InChI=1S/C23H31FN4O3/c1-15(16-9-10-16)27(2)23(29)30-14-20-22(25-26-28(20)3)17-11-12-21(19(24)13-17)31-18-7-5-4-6-8-18/h11-13,15-16,18H,4-10,14H2,1-3H3/t15-/m1/s1. The number of hydrogen-bond acceptors (Lipinski definition) is 5. The van der Waals surface area contributed by atoms with E-state index in [0.29, 0.717) is 22.9 Å². The van der Waals surface area contributed by atoms with Gasteiger partial charge >= 0.3 is 6.09 Å². The predicted molar refractivity (Wildman–Crippen MR) is 114 cm³/mol. The Kier molecular flexibility index (Phi) is 6.43. The summed E-state index contributed by atoms with van der Waals surface area (Å²) in [5, 5.41) is 8.21. The van der Waals surface area contributed by atoms with Gasteiger partial charge in [0.25, 0.3) is 0 Å². The molecule has 0 spiro atoms. The second-order valence-corrected chi connectivity index (χ2v) is 8.77. The number of carbonyl (C=O) groups excluding carboxylic acids is 1. The number of aryl methyl sites for hydroxylation is 1. The maximum absolute atomic E-state index is 14.7. The van der Waals surface area contributed by atoms with E-state index in [0.717, 1.165) is 38.5 Å². The Balaban J connectivity index is 1.44. The summed E-state index contributed by atoms with van der Waals surface area (Å²) in [4.78, 5) is 14.1. The van der Waals surface area contributed by atoms with Crippen LogP contribution in [0.4, 0.5) is 9.18 Å². The van der Waals surface area contributed by atoms with Crippen LogP contribution in [0.15, 0.2) is 18.2 Å². The highest BCUT2D eigenvalue weighted by atomic mass is 19.1. The van der Waals surface area contributed by atoms with Crippen LogP contribution in [-0.4, -0.2) is 45.2 Å². The molecule has 1 aromatic carbocycles. The minimum absolute atomic E-state index is 0.0152. The van der Waals surface area contributed by atoms with Crippen LogP contribution in [-0.2, 0) is 18.4 Å². The van der Waals surface area contributed by atoms with Gasteiger partial charge in [0, 0.05) is 25.7 Å². The molecular formula is C23H31FN4O3. The fraction of sp³-hybridized carbons (Fsp3) is 0.609. The SMILES string of the molecule is C[C@H](C1CC1)N(C)C(=O)OCc1c(-c2ccc(OC3CCCCC3)c(F)c2)nnn1C. The molecule has 0 saturated heterocycles. The van der Waals surface area contributed by atoms with E-state index in [1.807, 2.05) is 6.92 Å². The molecule has 168 valence electrons. The first kappa shape index (κ1) is 21.6. The van der Waals surface area contributed by atoms with Crippen molar-refractivity contribution in [2.75, 3.05) is 7.05 Å². The minimum Gasteiger partial charge on any atom is -0.487 e. The van der Waals surface area contributed by atoms with Gasteiger partial charge < -0.3 is 14.4 Å². The summed E-state index contributed by atoms with van der Waals surface area (Å²) in [6.45, 7) is 2.05. The first-order valence-electron chi connectivity index (χ1n) is 11.2. The first-order chi connectivity index (χ1) is 14.9. The third-order valence-corrected chi connectivity index (χ3v) is 6.53. The monoisotopic (exact) mass is 430 g/mol. The van der Waals surface area contributed by atoms with Gasteiger partial charge in [0.1, 0.15) is 18.0 Å². The molecule has 31 heavy (non-hydrogen) atoms. The van der Waals surface area contributed by atoms with Gasteiger partial charge in [-0.3, -0.25) is 0 Å². The van der Waals surface area contributed by atoms with Crippen LogP contribution in [0, 0.1) is 11.7 Å². The van der Waals surface area contributed by atoms with Gasteiger partial charge in [-0.25, -0.2) is 13.9 Å². The number of ether oxygens (including phenoxy) is 2. The van der Waals surface area contributed by atoms with Crippen LogP contribution in [0.1, 0.15) is 57.6 Å². The summed E-state index contributed by atoms with van der Waals surface area (Å²) in [7, 11) is 3.49. The quantitative estimate of drug-likeness (QED) is 0.637. The Labute approximate surface area is 182 Å². The van der Waals surface area contributed by atoms with Crippen molar-refractivity contribution in [3.8, 4) is 17.0 Å². The molecule has 2 aliphatic carbocycles. The highest BCUT2D eigenvalue weighted by molar-refractivity contribution is 5.68. The fourth-order valence-corrected chi connectivity index (χ4v) is 4.16. The van der Waals surface area contributed by atoms with E-state index in [1.165, 1.54) is 12.5 Å². The van der Waals surface area contributed by atoms with E-state index in [1.54, 1.807) is 35.8 Å². The van der Waals surface area contributed by atoms with Gasteiger partial charge in [-0.2, -0.15) is 0 Å². The molecule has 0 N–H and O–H groups in total. The predicted octanol–water partition coefficient (Wildman–Crippen LogP) is 4.70. The fourth-order valence-electron chi connectivity index (χ4n) is 4.16. The molecule has 0 aliphatic heterocycles. The van der Waals surface area contributed by atoms with Gasteiger partial charge in [-0.05, 0) is 69.6 Å². The number of hydrogen-bond donors (Lipinski definition) is 0. The number of nitrogens with zero attached hydrogens (tertiary/aromatic N) is 4. The summed E-state index contributed by atoms with van der Waals surface area (Å²) < 4.78 is 27.7. The van der Waals surface area contributed by atoms with Gasteiger partial charge in [-0.15, -0.1) is 5.10 Å². The average molecular weight is 431 g/mol. The highest BCUT2D eigenvalue weighted by Gasteiger charge is 2.33. The topological polar surface area (TPSA) is 69.5 Å². The molecular weight excluding hydrogens is 399 g/mol. The number of benzene rings is 1.